The monoisotopic (exact) mass is 526 g/mol. The highest BCUT2D eigenvalue weighted by Gasteiger charge is 2.33. The molecule has 0 radical (unpaired) electrons. The fraction of sp³-hybridized carbons (Fsp3) is 0.167. The number of benzene rings is 3. The first-order valence-corrected chi connectivity index (χ1v) is 11.3. The van der Waals surface area contributed by atoms with Crippen LogP contribution in [0.15, 0.2) is 86.7 Å². The third kappa shape index (κ3) is 4.35. The molecule has 0 spiro atoms. The fourth-order valence-corrected chi connectivity index (χ4v) is 4.29. The lowest BCUT2D eigenvalue weighted by atomic mass is 9.93. The van der Waals surface area contributed by atoms with Gasteiger partial charge in [-0.2, -0.15) is 0 Å². The van der Waals surface area contributed by atoms with Crippen molar-refractivity contribution in [2.45, 2.75) is 13.0 Å². The first kappa shape index (κ1) is 20.8. The Balaban J connectivity index is 1.91. The molecule has 6 heteroatoms. The molecule has 1 atom stereocenters. The highest BCUT2D eigenvalue weighted by molar-refractivity contribution is 9.10. The van der Waals surface area contributed by atoms with Gasteiger partial charge in [-0.25, -0.2) is 4.99 Å². The van der Waals surface area contributed by atoms with Crippen LogP contribution in [0.2, 0.25) is 0 Å². The number of hydrogen-bond acceptors (Lipinski definition) is 4. The number of halogens is 2. The molecule has 3 aromatic carbocycles. The number of amidine groups is 1. The van der Waals surface area contributed by atoms with Crippen molar-refractivity contribution in [3.8, 4) is 0 Å². The maximum atomic E-state index is 12.6. The molecule has 0 saturated carbocycles. The standard InChI is InChI=1S/C24H20Br2N2O2/c1-2-30-22(29)15-28-23(16-6-4-3-5-7-16)20-14-19(26)12-13-21(20)27-24(28)17-8-10-18(25)11-9-17/h3-14,23H,2,15H2,1H3. The van der Waals surface area contributed by atoms with Gasteiger partial charge < -0.3 is 9.64 Å². The van der Waals surface area contributed by atoms with Crippen molar-refractivity contribution < 1.29 is 9.53 Å². The van der Waals surface area contributed by atoms with Gasteiger partial charge in [0.15, 0.2) is 0 Å². The molecular weight excluding hydrogens is 508 g/mol. The summed E-state index contributed by atoms with van der Waals surface area (Å²) in [7, 11) is 0. The lowest BCUT2D eigenvalue weighted by Crippen LogP contribution is -2.42. The molecule has 0 amide bonds. The second kappa shape index (κ2) is 9.14. The van der Waals surface area contributed by atoms with Gasteiger partial charge in [0.1, 0.15) is 12.4 Å². The van der Waals surface area contributed by atoms with E-state index in [1.807, 2.05) is 66.4 Å². The summed E-state index contributed by atoms with van der Waals surface area (Å²) >= 11 is 7.09. The van der Waals surface area contributed by atoms with E-state index in [9.17, 15) is 4.79 Å². The van der Waals surface area contributed by atoms with Crippen LogP contribution in [0.25, 0.3) is 0 Å². The lowest BCUT2D eigenvalue weighted by Gasteiger charge is -2.38. The summed E-state index contributed by atoms with van der Waals surface area (Å²) in [6.07, 6.45) is 0. The van der Waals surface area contributed by atoms with Crippen LogP contribution in [0.5, 0.6) is 0 Å². The van der Waals surface area contributed by atoms with Crippen LogP contribution < -0.4 is 0 Å². The van der Waals surface area contributed by atoms with Crippen LogP contribution in [0.1, 0.15) is 29.7 Å². The Morgan fingerprint density at radius 2 is 1.70 bits per heavy atom. The number of nitrogens with zero attached hydrogens (tertiary/aromatic N) is 2. The molecule has 0 N–H and O–H groups in total. The summed E-state index contributed by atoms with van der Waals surface area (Å²) in [4.78, 5) is 19.6. The van der Waals surface area contributed by atoms with Gasteiger partial charge in [-0.15, -0.1) is 0 Å². The first-order valence-electron chi connectivity index (χ1n) is 9.68. The number of esters is 1. The van der Waals surface area contributed by atoms with E-state index >= 15 is 0 Å². The quantitative estimate of drug-likeness (QED) is 0.368. The summed E-state index contributed by atoms with van der Waals surface area (Å²) in [5.74, 6) is 0.473. The molecule has 1 aliphatic rings. The van der Waals surface area contributed by atoms with Gasteiger partial charge in [-0.05, 0) is 42.8 Å². The average molecular weight is 528 g/mol. The molecule has 1 heterocycles. The van der Waals surface area contributed by atoms with Crippen LogP contribution in [0.4, 0.5) is 5.69 Å². The highest BCUT2D eigenvalue weighted by Crippen LogP contribution is 2.41. The van der Waals surface area contributed by atoms with Crippen molar-refractivity contribution >= 4 is 49.4 Å². The van der Waals surface area contributed by atoms with Crippen molar-refractivity contribution in [3.63, 3.8) is 0 Å². The zero-order valence-corrected chi connectivity index (χ0v) is 19.6. The van der Waals surface area contributed by atoms with Crippen molar-refractivity contribution in [2.24, 2.45) is 4.99 Å². The molecule has 4 nitrogen and oxygen atoms in total. The molecule has 0 bridgehead atoms. The van der Waals surface area contributed by atoms with Crippen LogP contribution in [0.3, 0.4) is 0 Å². The van der Waals surface area contributed by atoms with Crippen molar-refractivity contribution in [1.29, 1.82) is 0 Å². The lowest BCUT2D eigenvalue weighted by molar-refractivity contribution is -0.143. The Kier molecular flexibility index (Phi) is 6.35. The maximum Gasteiger partial charge on any atom is 0.325 e. The van der Waals surface area contributed by atoms with Crippen LogP contribution in [-0.2, 0) is 9.53 Å². The summed E-state index contributed by atoms with van der Waals surface area (Å²) < 4.78 is 7.25. The first-order chi connectivity index (χ1) is 14.6. The zero-order chi connectivity index (χ0) is 21.1. The van der Waals surface area contributed by atoms with Crippen molar-refractivity contribution in [1.82, 2.24) is 4.90 Å². The van der Waals surface area contributed by atoms with Gasteiger partial charge in [0.05, 0.1) is 18.3 Å². The summed E-state index contributed by atoms with van der Waals surface area (Å²) in [5.41, 5.74) is 3.97. The van der Waals surface area contributed by atoms with E-state index in [0.717, 1.165) is 37.2 Å². The number of carbonyl (C=O) groups is 1. The Morgan fingerprint density at radius 3 is 2.40 bits per heavy atom. The smallest absolute Gasteiger partial charge is 0.325 e. The SMILES string of the molecule is CCOC(=O)CN1C(c2ccc(Br)cc2)=Nc2ccc(Br)cc2C1c1ccccc1. The zero-order valence-electron chi connectivity index (χ0n) is 16.4. The van der Waals surface area contributed by atoms with Gasteiger partial charge in [0.2, 0.25) is 0 Å². The predicted molar refractivity (Wildman–Crippen MR) is 126 cm³/mol. The average Bonchev–Trinajstić information content (AvgIpc) is 2.75. The number of ether oxygens (including phenoxy) is 1. The van der Waals surface area contributed by atoms with Crippen LogP contribution >= 0.6 is 31.9 Å². The van der Waals surface area contributed by atoms with Gasteiger partial charge in [0, 0.05) is 20.1 Å². The third-order valence-electron chi connectivity index (χ3n) is 4.92. The van der Waals surface area contributed by atoms with Crippen LogP contribution in [0, 0.1) is 0 Å². The predicted octanol–water partition coefficient (Wildman–Crippen LogP) is 6.26. The van der Waals surface area contributed by atoms with Gasteiger partial charge >= 0.3 is 5.97 Å². The van der Waals surface area contributed by atoms with E-state index in [1.165, 1.54) is 0 Å². The van der Waals surface area contributed by atoms with E-state index in [0.29, 0.717) is 6.61 Å². The molecule has 0 saturated heterocycles. The van der Waals surface area contributed by atoms with Gasteiger partial charge in [-0.1, -0.05) is 74.3 Å². The molecule has 0 fully saturated rings. The summed E-state index contributed by atoms with van der Waals surface area (Å²) in [6.45, 7) is 2.27. The molecule has 30 heavy (non-hydrogen) atoms. The normalized spacial score (nSPS) is 15.4. The Labute approximate surface area is 192 Å². The Hall–Kier alpha value is -2.44. The van der Waals surface area contributed by atoms with E-state index in [4.69, 9.17) is 9.73 Å². The molecule has 3 aromatic rings. The summed E-state index contributed by atoms with van der Waals surface area (Å²) in [5, 5.41) is 0. The van der Waals surface area contributed by atoms with E-state index < -0.39 is 0 Å². The minimum absolute atomic E-state index is 0.105. The summed E-state index contributed by atoms with van der Waals surface area (Å²) in [6, 6.07) is 24.1. The largest absolute Gasteiger partial charge is 0.465 e. The second-order valence-corrected chi connectivity index (χ2v) is 8.72. The van der Waals surface area contributed by atoms with E-state index in [2.05, 4.69) is 50.1 Å². The maximum absolute atomic E-state index is 12.6. The Morgan fingerprint density at radius 1 is 1.00 bits per heavy atom. The molecule has 4 rings (SSSR count). The van der Waals surface area contributed by atoms with Crippen molar-refractivity contribution in [3.05, 3.63) is 98.4 Å². The van der Waals surface area contributed by atoms with Crippen molar-refractivity contribution in [2.75, 3.05) is 13.2 Å². The topological polar surface area (TPSA) is 41.9 Å². The molecule has 0 aliphatic carbocycles. The number of hydrogen-bond donors (Lipinski definition) is 0. The minimum Gasteiger partial charge on any atom is -0.465 e. The number of carbonyl (C=O) groups excluding carboxylic acids is 1. The second-order valence-electron chi connectivity index (χ2n) is 6.89. The number of rotatable bonds is 5. The van der Waals surface area contributed by atoms with E-state index in [-0.39, 0.29) is 18.6 Å². The van der Waals surface area contributed by atoms with E-state index in [1.54, 1.807) is 0 Å². The molecule has 1 aliphatic heterocycles. The molecular formula is C24H20Br2N2O2. The fourth-order valence-electron chi connectivity index (χ4n) is 3.65. The Bertz CT molecular complexity index is 1080. The number of aliphatic imine (C=N–C) groups is 1. The highest BCUT2D eigenvalue weighted by atomic mass is 79.9. The third-order valence-corrected chi connectivity index (χ3v) is 5.94. The molecule has 0 aromatic heterocycles. The van der Waals surface area contributed by atoms with Gasteiger partial charge in [0.25, 0.3) is 0 Å². The molecule has 1 unspecified atom stereocenters. The molecule has 152 valence electrons. The minimum atomic E-state index is -0.276. The van der Waals surface area contributed by atoms with Crippen LogP contribution in [-0.4, -0.2) is 29.9 Å². The van der Waals surface area contributed by atoms with Gasteiger partial charge in [-0.3, -0.25) is 4.79 Å². The number of fused-ring (bicyclic) bond motifs is 1.